The smallest absolute Gasteiger partial charge is 0.264 e. The van der Waals surface area contributed by atoms with Gasteiger partial charge in [0.2, 0.25) is 5.91 Å². The number of para-hydroxylation sites is 2. The molecule has 162 valence electrons. The third-order valence-electron chi connectivity index (χ3n) is 4.97. The summed E-state index contributed by atoms with van der Waals surface area (Å²) in [7, 11) is -1.95. The first kappa shape index (κ1) is 22.4. The average molecular weight is 438 g/mol. The SMILES string of the molecule is Cc1ccccc1N(CC(=O)NCCN(C)c1ccccc1)S(=O)(=O)c1ccccc1. The monoisotopic (exact) mass is 437 g/mol. The van der Waals surface area contributed by atoms with Crippen molar-refractivity contribution in [3.63, 3.8) is 0 Å². The van der Waals surface area contributed by atoms with E-state index >= 15 is 0 Å². The second kappa shape index (κ2) is 10.1. The van der Waals surface area contributed by atoms with E-state index in [0.717, 1.165) is 11.3 Å². The first-order chi connectivity index (χ1) is 14.9. The molecule has 0 aliphatic heterocycles. The van der Waals surface area contributed by atoms with Crippen molar-refractivity contribution < 1.29 is 13.2 Å². The Labute approximate surface area is 184 Å². The predicted molar refractivity (Wildman–Crippen MR) is 125 cm³/mol. The molecule has 0 aromatic heterocycles. The highest BCUT2D eigenvalue weighted by molar-refractivity contribution is 7.92. The number of carbonyl (C=O) groups excluding carboxylic acids is 1. The summed E-state index contributed by atoms with van der Waals surface area (Å²) in [5.74, 6) is -0.357. The van der Waals surface area contributed by atoms with Gasteiger partial charge in [-0.2, -0.15) is 0 Å². The van der Waals surface area contributed by atoms with Gasteiger partial charge in [0.25, 0.3) is 10.0 Å². The number of hydrogen-bond acceptors (Lipinski definition) is 4. The fourth-order valence-electron chi connectivity index (χ4n) is 3.22. The molecular formula is C24H27N3O3S. The third-order valence-corrected chi connectivity index (χ3v) is 6.74. The summed E-state index contributed by atoms with van der Waals surface area (Å²) >= 11 is 0. The lowest BCUT2D eigenvalue weighted by Crippen LogP contribution is -2.43. The van der Waals surface area contributed by atoms with Crippen LogP contribution < -0.4 is 14.5 Å². The van der Waals surface area contributed by atoms with Crippen molar-refractivity contribution in [2.24, 2.45) is 0 Å². The van der Waals surface area contributed by atoms with Gasteiger partial charge < -0.3 is 10.2 Å². The molecule has 1 amide bonds. The molecule has 0 fully saturated rings. The maximum Gasteiger partial charge on any atom is 0.264 e. The van der Waals surface area contributed by atoms with Crippen molar-refractivity contribution >= 4 is 27.3 Å². The maximum absolute atomic E-state index is 13.3. The van der Waals surface area contributed by atoms with Crippen molar-refractivity contribution in [2.45, 2.75) is 11.8 Å². The molecule has 3 aromatic carbocycles. The minimum absolute atomic E-state index is 0.148. The Morgan fingerprint density at radius 3 is 2.10 bits per heavy atom. The highest BCUT2D eigenvalue weighted by Gasteiger charge is 2.27. The lowest BCUT2D eigenvalue weighted by atomic mass is 10.2. The maximum atomic E-state index is 13.3. The summed E-state index contributed by atoms with van der Waals surface area (Å²) in [4.78, 5) is 14.9. The van der Waals surface area contributed by atoms with Gasteiger partial charge in [0.1, 0.15) is 6.54 Å². The molecular weight excluding hydrogens is 410 g/mol. The van der Waals surface area contributed by atoms with E-state index in [0.29, 0.717) is 18.8 Å². The molecule has 7 heteroatoms. The normalized spacial score (nSPS) is 11.0. The Hall–Kier alpha value is -3.32. The van der Waals surface area contributed by atoms with Crippen molar-refractivity contribution in [1.29, 1.82) is 0 Å². The number of sulfonamides is 1. The summed E-state index contributed by atoms with van der Waals surface area (Å²) in [6.07, 6.45) is 0. The zero-order valence-corrected chi connectivity index (χ0v) is 18.5. The molecule has 0 unspecified atom stereocenters. The van der Waals surface area contributed by atoms with E-state index in [9.17, 15) is 13.2 Å². The standard InChI is InChI=1S/C24H27N3O3S/c1-20-11-9-10-16-23(20)27(31(29,30)22-14-7-4-8-15-22)19-24(28)25-17-18-26(2)21-12-5-3-6-13-21/h3-16H,17-19H2,1-2H3,(H,25,28). The number of aryl methyl sites for hydroxylation is 1. The van der Waals surface area contributed by atoms with Crippen LogP contribution in [0.25, 0.3) is 0 Å². The summed E-state index contributed by atoms with van der Waals surface area (Å²) in [5, 5.41) is 2.84. The summed E-state index contributed by atoms with van der Waals surface area (Å²) in [6.45, 7) is 2.54. The molecule has 6 nitrogen and oxygen atoms in total. The fourth-order valence-corrected chi connectivity index (χ4v) is 4.73. The lowest BCUT2D eigenvalue weighted by molar-refractivity contribution is -0.119. The molecule has 0 heterocycles. The van der Waals surface area contributed by atoms with E-state index in [2.05, 4.69) is 5.32 Å². The highest BCUT2D eigenvalue weighted by Crippen LogP contribution is 2.26. The van der Waals surface area contributed by atoms with Gasteiger partial charge in [-0.1, -0.05) is 54.6 Å². The van der Waals surface area contributed by atoms with Gasteiger partial charge in [0.05, 0.1) is 10.6 Å². The Morgan fingerprint density at radius 2 is 1.45 bits per heavy atom. The third kappa shape index (κ3) is 5.64. The van der Waals surface area contributed by atoms with E-state index in [1.807, 2.05) is 61.3 Å². The number of hydrogen-bond donors (Lipinski definition) is 1. The number of nitrogens with zero attached hydrogens (tertiary/aromatic N) is 2. The molecule has 0 spiro atoms. The molecule has 3 rings (SSSR count). The van der Waals surface area contributed by atoms with Crippen LogP contribution in [0.2, 0.25) is 0 Å². The highest BCUT2D eigenvalue weighted by atomic mass is 32.2. The average Bonchev–Trinajstić information content (AvgIpc) is 2.79. The zero-order valence-electron chi connectivity index (χ0n) is 17.7. The molecule has 1 N–H and O–H groups in total. The molecule has 3 aromatic rings. The van der Waals surface area contributed by atoms with Crippen molar-refractivity contribution in [3.8, 4) is 0 Å². The molecule has 0 saturated carbocycles. The minimum atomic E-state index is -3.89. The predicted octanol–water partition coefficient (Wildman–Crippen LogP) is 3.44. The van der Waals surface area contributed by atoms with Crippen LogP contribution in [0.3, 0.4) is 0 Å². The van der Waals surface area contributed by atoms with Crippen molar-refractivity contribution in [3.05, 3.63) is 90.5 Å². The summed E-state index contributed by atoms with van der Waals surface area (Å²) in [6, 6.07) is 25.2. The number of carbonyl (C=O) groups is 1. The van der Waals surface area contributed by atoms with Gasteiger partial charge in [-0.15, -0.1) is 0 Å². The van der Waals surface area contributed by atoms with E-state index in [4.69, 9.17) is 0 Å². The Bertz CT molecular complexity index is 1100. The quantitative estimate of drug-likeness (QED) is 0.557. The van der Waals surface area contributed by atoms with Crippen LogP contribution in [0.4, 0.5) is 11.4 Å². The Balaban J connectivity index is 1.73. The Morgan fingerprint density at radius 1 is 0.871 bits per heavy atom. The topological polar surface area (TPSA) is 69.7 Å². The van der Waals surface area contributed by atoms with Crippen LogP contribution in [0.5, 0.6) is 0 Å². The van der Waals surface area contributed by atoms with Crippen LogP contribution in [0, 0.1) is 6.92 Å². The summed E-state index contributed by atoms with van der Waals surface area (Å²) < 4.78 is 27.8. The summed E-state index contributed by atoms with van der Waals surface area (Å²) in [5.41, 5.74) is 2.31. The number of anilines is 2. The van der Waals surface area contributed by atoms with Crippen LogP contribution in [-0.2, 0) is 14.8 Å². The van der Waals surface area contributed by atoms with Gasteiger partial charge in [0, 0.05) is 25.8 Å². The number of likely N-dealkylation sites (N-methyl/N-ethyl adjacent to an activating group) is 1. The molecule has 0 radical (unpaired) electrons. The molecule has 0 bridgehead atoms. The van der Waals surface area contributed by atoms with Gasteiger partial charge >= 0.3 is 0 Å². The van der Waals surface area contributed by atoms with E-state index in [-0.39, 0.29) is 17.3 Å². The number of rotatable bonds is 9. The van der Waals surface area contributed by atoms with Crippen LogP contribution in [0.1, 0.15) is 5.56 Å². The van der Waals surface area contributed by atoms with Gasteiger partial charge in [-0.3, -0.25) is 9.10 Å². The fraction of sp³-hybridized carbons (Fsp3) is 0.208. The molecule has 0 atom stereocenters. The largest absolute Gasteiger partial charge is 0.373 e. The van der Waals surface area contributed by atoms with E-state index < -0.39 is 10.0 Å². The Kier molecular flexibility index (Phi) is 7.31. The van der Waals surface area contributed by atoms with Crippen molar-refractivity contribution in [1.82, 2.24) is 5.32 Å². The second-order valence-corrected chi connectivity index (χ2v) is 9.08. The molecule has 31 heavy (non-hydrogen) atoms. The lowest BCUT2D eigenvalue weighted by Gasteiger charge is -2.26. The minimum Gasteiger partial charge on any atom is -0.373 e. The molecule has 0 aliphatic carbocycles. The van der Waals surface area contributed by atoms with E-state index in [1.165, 1.54) is 16.4 Å². The first-order valence-corrected chi connectivity index (χ1v) is 11.5. The van der Waals surface area contributed by atoms with E-state index in [1.54, 1.807) is 30.3 Å². The van der Waals surface area contributed by atoms with Crippen molar-refractivity contribution in [2.75, 3.05) is 35.9 Å². The van der Waals surface area contributed by atoms with Crippen LogP contribution in [0.15, 0.2) is 89.8 Å². The molecule has 0 aliphatic rings. The van der Waals surface area contributed by atoms with Gasteiger partial charge in [-0.05, 0) is 42.8 Å². The van der Waals surface area contributed by atoms with Gasteiger partial charge in [0.15, 0.2) is 0 Å². The van der Waals surface area contributed by atoms with Crippen LogP contribution >= 0.6 is 0 Å². The number of benzene rings is 3. The number of amides is 1. The first-order valence-electron chi connectivity index (χ1n) is 10.1. The van der Waals surface area contributed by atoms with Gasteiger partial charge in [-0.25, -0.2) is 8.42 Å². The second-order valence-electron chi connectivity index (χ2n) is 7.22. The molecule has 0 saturated heterocycles. The zero-order chi connectivity index (χ0) is 22.3. The number of nitrogens with one attached hydrogen (secondary N) is 1. The van der Waals surface area contributed by atoms with Crippen LogP contribution in [-0.4, -0.2) is 41.0 Å².